The van der Waals surface area contributed by atoms with Gasteiger partial charge in [0.15, 0.2) is 0 Å². The third-order valence-corrected chi connectivity index (χ3v) is 7.02. The van der Waals surface area contributed by atoms with Crippen molar-refractivity contribution < 1.29 is 9.16 Å². The predicted octanol–water partition coefficient (Wildman–Crippen LogP) is 7.44. The van der Waals surface area contributed by atoms with Crippen molar-refractivity contribution in [1.82, 2.24) is 0 Å². The Morgan fingerprint density at radius 2 is 1.89 bits per heavy atom. The van der Waals surface area contributed by atoms with E-state index in [-0.39, 0.29) is 5.60 Å². The van der Waals surface area contributed by atoms with Gasteiger partial charge < -0.3 is 9.16 Å². The normalized spacial score (nSPS) is 22.9. The summed E-state index contributed by atoms with van der Waals surface area (Å²) in [7, 11) is -0.823. The SMILES string of the molecule is CCCCCCCc1cc(O[Si](C)C)c2c(c1)OC(C)(C)C1CCC(C)=CC21. The predicted molar refractivity (Wildman–Crippen MR) is 121 cm³/mol. The van der Waals surface area contributed by atoms with Gasteiger partial charge >= 0.3 is 0 Å². The molecule has 2 unspecified atom stereocenters. The maximum Gasteiger partial charge on any atom is 0.274 e. The number of fused-ring (bicyclic) bond motifs is 3. The highest BCUT2D eigenvalue weighted by Gasteiger charge is 2.45. The van der Waals surface area contributed by atoms with E-state index < -0.39 is 9.04 Å². The molecule has 3 rings (SSSR count). The first-order valence-electron chi connectivity index (χ1n) is 11.3. The summed E-state index contributed by atoms with van der Waals surface area (Å²) in [5, 5.41) is 0. The smallest absolute Gasteiger partial charge is 0.274 e. The van der Waals surface area contributed by atoms with Crippen molar-refractivity contribution in [3.63, 3.8) is 0 Å². The van der Waals surface area contributed by atoms with Crippen molar-refractivity contribution in [3.8, 4) is 11.5 Å². The molecule has 1 aliphatic heterocycles. The van der Waals surface area contributed by atoms with Gasteiger partial charge in [-0.25, -0.2) is 0 Å². The lowest BCUT2D eigenvalue weighted by molar-refractivity contribution is 0.0110. The Kier molecular flexibility index (Phi) is 6.96. The summed E-state index contributed by atoms with van der Waals surface area (Å²) < 4.78 is 13.1. The number of ether oxygens (including phenoxy) is 1. The molecule has 1 aromatic rings. The summed E-state index contributed by atoms with van der Waals surface area (Å²) in [5.74, 6) is 3.11. The van der Waals surface area contributed by atoms with Crippen molar-refractivity contribution in [2.75, 3.05) is 0 Å². The van der Waals surface area contributed by atoms with Crippen LogP contribution in [0.4, 0.5) is 0 Å². The summed E-state index contributed by atoms with van der Waals surface area (Å²) in [6.07, 6.45) is 12.6. The van der Waals surface area contributed by atoms with E-state index in [0.717, 1.165) is 17.9 Å². The molecule has 0 spiro atoms. The molecule has 2 atom stereocenters. The number of aryl methyl sites for hydroxylation is 1. The minimum atomic E-state index is -0.823. The molecule has 155 valence electrons. The molecular formula is C25H39O2Si. The lowest BCUT2D eigenvalue weighted by atomic mass is 9.68. The Morgan fingerprint density at radius 3 is 2.61 bits per heavy atom. The maximum atomic E-state index is 6.63. The lowest BCUT2D eigenvalue weighted by Gasteiger charge is -2.47. The number of allylic oxidation sites excluding steroid dienone is 2. The average molecular weight is 400 g/mol. The van der Waals surface area contributed by atoms with Gasteiger partial charge in [-0.2, -0.15) is 0 Å². The van der Waals surface area contributed by atoms with Gasteiger partial charge in [0, 0.05) is 17.4 Å². The Labute approximate surface area is 174 Å². The first-order valence-corrected chi connectivity index (χ1v) is 13.7. The second-order valence-electron chi connectivity index (χ2n) is 9.57. The molecule has 0 saturated heterocycles. The van der Waals surface area contributed by atoms with Crippen LogP contribution in [0.25, 0.3) is 0 Å². The highest BCUT2D eigenvalue weighted by molar-refractivity contribution is 6.49. The highest BCUT2D eigenvalue weighted by atomic mass is 28.3. The Bertz CT molecular complexity index is 687. The van der Waals surface area contributed by atoms with E-state index in [1.807, 2.05) is 0 Å². The molecule has 0 fully saturated rings. The Balaban J connectivity index is 1.94. The van der Waals surface area contributed by atoms with Crippen LogP contribution >= 0.6 is 0 Å². The fourth-order valence-electron chi connectivity index (χ4n) is 4.94. The summed E-state index contributed by atoms with van der Waals surface area (Å²) >= 11 is 0. The van der Waals surface area contributed by atoms with Crippen LogP contribution in [0, 0.1) is 5.92 Å². The van der Waals surface area contributed by atoms with Gasteiger partial charge in [0.05, 0.1) is 0 Å². The first-order chi connectivity index (χ1) is 13.3. The molecule has 1 aliphatic carbocycles. The van der Waals surface area contributed by atoms with E-state index in [1.54, 1.807) is 0 Å². The van der Waals surface area contributed by atoms with E-state index >= 15 is 0 Å². The first kappa shape index (κ1) is 21.5. The molecule has 0 N–H and O–H groups in total. The maximum absolute atomic E-state index is 6.63. The standard InChI is InChI=1S/C25H39O2Si/c1-7-8-9-10-11-12-19-16-22-24(23(17-19)27-28(5)6)20-15-18(2)13-14-21(20)25(3,4)26-22/h15-17,20-21H,7-14H2,1-6H3. The fourth-order valence-corrected chi connectivity index (χ4v) is 5.55. The van der Waals surface area contributed by atoms with Gasteiger partial charge in [-0.15, -0.1) is 0 Å². The van der Waals surface area contributed by atoms with Crippen molar-refractivity contribution in [3.05, 3.63) is 34.9 Å². The van der Waals surface area contributed by atoms with Crippen LogP contribution in [0.1, 0.15) is 89.7 Å². The van der Waals surface area contributed by atoms with E-state index in [4.69, 9.17) is 9.16 Å². The number of hydrogen-bond acceptors (Lipinski definition) is 2. The van der Waals surface area contributed by atoms with Crippen molar-refractivity contribution in [2.45, 2.75) is 104 Å². The van der Waals surface area contributed by atoms with Crippen LogP contribution in [0.3, 0.4) is 0 Å². The Hall–Kier alpha value is -1.22. The molecular weight excluding hydrogens is 360 g/mol. The molecule has 0 aromatic heterocycles. The molecule has 2 nitrogen and oxygen atoms in total. The van der Waals surface area contributed by atoms with Gasteiger partial charge in [-0.3, -0.25) is 0 Å². The molecule has 2 aliphatic rings. The Morgan fingerprint density at radius 1 is 1.14 bits per heavy atom. The summed E-state index contributed by atoms with van der Waals surface area (Å²) in [5.41, 5.74) is 4.07. The van der Waals surface area contributed by atoms with E-state index in [1.165, 1.54) is 61.6 Å². The molecule has 1 radical (unpaired) electrons. The van der Waals surface area contributed by atoms with Crippen molar-refractivity contribution >= 4 is 9.04 Å². The molecule has 0 saturated carbocycles. The zero-order valence-electron chi connectivity index (χ0n) is 18.9. The monoisotopic (exact) mass is 399 g/mol. The van der Waals surface area contributed by atoms with Gasteiger partial charge in [0.1, 0.15) is 17.1 Å². The molecule has 1 heterocycles. The third kappa shape index (κ3) is 4.84. The van der Waals surface area contributed by atoms with Gasteiger partial charge in [0.25, 0.3) is 9.04 Å². The van der Waals surface area contributed by atoms with Crippen LogP contribution < -0.4 is 9.16 Å². The van der Waals surface area contributed by atoms with E-state index in [2.05, 4.69) is 59.0 Å². The molecule has 3 heteroatoms. The molecule has 0 amide bonds. The number of benzene rings is 1. The van der Waals surface area contributed by atoms with Gasteiger partial charge in [0.2, 0.25) is 0 Å². The summed E-state index contributed by atoms with van der Waals surface area (Å²) in [6.45, 7) is 13.5. The van der Waals surface area contributed by atoms with Gasteiger partial charge in [-0.1, -0.05) is 44.3 Å². The zero-order chi connectivity index (χ0) is 20.3. The zero-order valence-corrected chi connectivity index (χ0v) is 19.9. The summed E-state index contributed by atoms with van der Waals surface area (Å²) in [6, 6.07) is 4.64. The molecule has 28 heavy (non-hydrogen) atoms. The van der Waals surface area contributed by atoms with E-state index in [0.29, 0.717) is 11.8 Å². The topological polar surface area (TPSA) is 18.5 Å². The molecule has 0 bridgehead atoms. The van der Waals surface area contributed by atoms with Crippen molar-refractivity contribution in [1.29, 1.82) is 0 Å². The van der Waals surface area contributed by atoms with E-state index in [9.17, 15) is 0 Å². The largest absolute Gasteiger partial charge is 0.542 e. The second kappa shape index (κ2) is 9.07. The average Bonchev–Trinajstić information content (AvgIpc) is 2.59. The second-order valence-corrected chi connectivity index (χ2v) is 11.6. The molecule has 1 aromatic carbocycles. The number of unbranched alkanes of at least 4 members (excludes halogenated alkanes) is 4. The van der Waals surface area contributed by atoms with Crippen LogP contribution in [0.2, 0.25) is 13.1 Å². The van der Waals surface area contributed by atoms with Gasteiger partial charge in [-0.05, 0) is 77.2 Å². The van der Waals surface area contributed by atoms with Crippen molar-refractivity contribution in [2.24, 2.45) is 5.92 Å². The van der Waals surface area contributed by atoms with Crippen LogP contribution in [-0.2, 0) is 6.42 Å². The van der Waals surface area contributed by atoms with Crippen LogP contribution in [-0.4, -0.2) is 14.6 Å². The number of rotatable bonds is 8. The summed E-state index contributed by atoms with van der Waals surface area (Å²) in [4.78, 5) is 0. The number of hydrogen-bond donors (Lipinski definition) is 0. The third-order valence-electron chi connectivity index (χ3n) is 6.39. The minimum Gasteiger partial charge on any atom is -0.542 e. The highest BCUT2D eigenvalue weighted by Crippen LogP contribution is 2.53. The minimum absolute atomic E-state index is 0.127. The lowest BCUT2D eigenvalue weighted by Crippen LogP contribution is -2.45. The quantitative estimate of drug-likeness (QED) is 0.257. The van der Waals surface area contributed by atoms with Crippen LogP contribution in [0.5, 0.6) is 11.5 Å². The fraction of sp³-hybridized carbons (Fsp3) is 0.680. The van der Waals surface area contributed by atoms with Crippen LogP contribution in [0.15, 0.2) is 23.8 Å².